The minimum absolute atomic E-state index is 0.00531. The molecule has 1 N–H and O–H groups in total. The summed E-state index contributed by atoms with van der Waals surface area (Å²) in [5, 5.41) is 6.91. The summed E-state index contributed by atoms with van der Waals surface area (Å²) in [5.74, 6) is -0.162. The van der Waals surface area contributed by atoms with Crippen LogP contribution < -0.4 is 5.32 Å². The molecule has 0 radical (unpaired) electrons. The monoisotopic (exact) mass is 425 g/mol. The predicted molar refractivity (Wildman–Crippen MR) is 103 cm³/mol. The first-order chi connectivity index (χ1) is 13.0. The number of fused-ring (bicyclic) bond motifs is 3. The smallest absolute Gasteiger partial charge is 0.254 e. The van der Waals surface area contributed by atoms with Crippen LogP contribution in [0.3, 0.4) is 0 Å². The maximum atomic E-state index is 12.9. The molecule has 1 aromatic carbocycles. The highest BCUT2D eigenvalue weighted by Gasteiger charge is 2.51. The number of carbonyl (C=O) groups is 2. The predicted octanol–water partition coefficient (Wildman–Crippen LogP) is 2.62. The fraction of sp³-hybridized carbons (Fsp3) is 0.263. The number of rotatable bonds is 3. The van der Waals surface area contributed by atoms with Gasteiger partial charge in [0, 0.05) is 28.2 Å². The zero-order valence-electron chi connectivity index (χ0n) is 14.4. The van der Waals surface area contributed by atoms with E-state index in [-0.39, 0.29) is 29.7 Å². The average molecular weight is 426 g/mol. The first kappa shape index (κ1) is 16.4. The third-order valence-electron chi connectivity index (χ3n) is 5.24. The molecule has 2 aromatic heterocycles. The van der Waals surface area contributed by atoms with Crippen LogP contribution in [-0.4, -0.2) is 44.4 Å². The zero-order chi connectivity index (χ0) is 18.6. The maximum absolute atomic E-state index is 12.9. The quantitative estimate of drug-likeness (QED) is 0.699. The molecule has 0 saturated heterocycles. The molecule has 136 valence electrons. The second-order valence-electron chi connectivity index (χ2n) is 7.12. The van der Waals surface area contributed by atoms with E-state index in [9.17, 15) is 9.59 Å². The number of hydrogen-bond donors (Lipinski definition) is 1. The summed E-state index contributed by atoms with van der Waals surface area (Å²) in [6, 6.07) is 11.3. The van der Waals surface area contributed by atoms with Gasteiger partial charge >= 0.3 is 0 Å². The molecule has 0 atom stereocenters. The topological polar surface area (TPSA) is 79.6 Å². The molecule has 5 rings (SSSR count). The highest BCUT2D eigenvalue weighted by atomic mass is 79.9. The first-order valence-corrected chi connectivity index (χ1v) is 9.54. The molecule has 1 aliphatic heterocycles. The van der Waals surface area contributed by atoms with Crippen molar-refractivity contribution >= 4 is 39.3 Å². The molecule has 1 aliphatic carbocycles. The summed E-state index contributed by atoms with van der Waals surface area (Å²) >= 11 is 3.49. The number of anilines is 1. The lowest BCUT2D eigenvalue weighted by Crippen LogP contribution is -2.46. The van der Waals surface area contributed by atoms with Gasteiger partial charge in [0.25, 0.3) is 5.91 Å². The number of nitrogens with zero attached hydrogens (tertiary/aromatic N) is 4. The van der Waals surface area contributed by atoms with Gasteiger partial charge in [0.1, 0.15) is 6.54 Å². The summed E-state index contributed by atoms with van der Waals surface area (Å²) in [4.78, 5) is 31.3. The van der Waals surface area contributed by atoms with Crippen LogP contribution in [-0.2, 0) is 10.2 Å². The largest absolute Gasteiger partial charge is 0.328 e. The molecule has 0 unspecified atom stereocenters. The van der Waals surface area contributed by atoms with Crippen molar-refractivity contribution in [2.24, 2.45) is 0 Å². The number of benzene rings is 1. The Labute approximate surface area is 163 Å². The third kappa shape index (κ3) is 2.80. The molecule has 2 amide bonds. The SMILES string of the molecule is O=C(CN1CC2(CC2)c2cc(Br)ccc2C1=O)Nc1nc2ccccn2n1. The van der Waals surface area contributed by atoms with Crippen molar-refractivity contribution in [3.63, 3.8) is 0 Å². The van der Waals surface area contributed by atoms with Gasteiger partial charge in [-0.1, -0.05) is 22.0 Å². The van der Waals surface area contributed by atoms with Gasteiger partial charge in [0.15, 0.2) is 5.65 Å². The Morgan fingerprint density at radius 2 is 2.11 bits per heavy atom. The highest BCUT2D eigenvalue weighted by Crippen LogP contribution is 2.52. The lowest BCUT2D eigenvalue weighted by atomic mass is 9.86. The summed E-state index contributed by atoms with van der Waals surface area (Å²) in [6.45, 7) is 0.562. The second kappa shape index (κ2) is 5.88. The van der Waals surface area contributed by atoms with Crippen molar-refractivity contribution in [1.82, 2.24) is 19.5 Å². The zero-order valence-corrected chi connectivity index (χ0v) is 15.9. The molecule has 1 fully saturated rings. The van der Waals surface area contributed by atoms with Gasteiger partial charge in [-0.15, -0.1) is 5.10 Å². The Morgan fingerprint density at radius 3 is 2.89 bits per heavy atom. The van der Waals surface area contributed by atoms with Crippen LogP contribution >= 0.6 is 15.9 Å². The maximum Gasteiger partial charge on any atom is 0.254 e. The standard InChI is InChI=1S/C19H16BrN5O2/c20-12-4-5-13-14(9-12)19(6-7-19)11-24(17(13)27)10-16(26)22-18-21-15-3-1-2-8-25(15)23-18/h1-5,8-9H,6-7,10-11H2,(H,22,23,26). The number of carbonyl (C=O) groups excluding carboxylic acids is 2. The molecular weight excluding hydrogens is 410 g/mol. The number of amides is 2. The molecule has 3 aromatic rings. The molecule has 3 heterocycles. The van der Waals surface area contributed by atoms with Crippen LogP contribution in [0.15, 0.2) is 47.1 Å². The van der Waals surface area contributed by atoms with Crippen LogP contribution in [0, 0.1) is 0 Å². The third-order valence-corrected chi connectivity index (χ3v) is 5.74. The Bertz CT molecular complexity index is 1060. The number of nitrogens with one attached hydrogen (secondary N) is 1. The molecule has 8 heteroatoms. The van der Waals surface area contributed by atoms with Gasteiger partial charge in [0.05, 0.1) is 0 Å². The first-order valence-electron chi connectivity index (χ1n) is 8.75. The number of pyridine rings is 1. The van der Waals surface area contributed by atoms with E-state index >= 15 is 0 Å². The van der Waals surface area contributed by atoms with E-state index in [4.69, 9.17) is 0 Å². The van der Waals surface area contributed by atoms with Gasteiger partial charge in [-0.25, -0.2) is 4.52 Å². The van der Waals surface area contributed by atoms with Crippen molar-refractivity contribution in [3.05, 3.63) is 58.2 Å². The fourth-order valence-electron chi connectivity index (χ4n) is 3.76. The van der Waals surface area contributed by atoms with Crippen molar-refractivity contribution in [2.75, 3.05) is 18.4 Å². The fourth-order valence-corrected chi connectivity index (χ4v) is 4.12. The molecular formula is C19H16BrN5O2. The normalized spacial score (nSPS) is 17.2. The van der Waals surface area contributed by atoms with E-state index in [1.165, 1.54) is 0 Å². The van der Waals surface area contributed by atoms with Gasteiger partial charge in [0.2, 0.25) is 11.9 Å². The number of aromatic nitrogens is 3. The van der Waals surface area contributed by atoms with Crippen LogP contribution in [0.2, 0.25) is 0 Å². The lowest BCUT2D eigenvalue weighted by Gasteiger charge is -2.34. The van der Waals surface area contributed by atoms with E-state index in [0.717, 1.165) is 22.9 Å². The number of halogens is 1. The summed E-state index contributed by atoms with van der Waals surface area (Å²) in [7, 11) is 0. The lowest BCUT2D eigenvalue weighted by molar-refractivity contribution is -0.117. The summed E-state index contributed by atoms with van der Waals surface area (Å²) in [5.41, 5.74) is 2.44. The van der Waals surface area contributed by atoms with Crippen LogP contribution in [0.4, 0.5) is 5.95 Å². The molecule has 2 aliphatic rings. The minimum atomic E-state index is -0.296. The van der Waals surface area contributed by atoms with Crippen molar-refractivity contribution in [3.8, 4) is 0 Å². The van der Waals surface area contributed by atoms with E-state index in [1.807, 2.05) is 36.4 Å². The Morgan fingerprint density at radius 1 is 1.26 bits per heavy atom. The highest BCUT2D eigenvalue weighted by molar-refractivity contribution is 9.10. The Balaban J connectivity index is 1.35. The van der Waals surface area contributed by atoms with E-state index < -0.39 is 0 Å². The number of hydrogen-bond acceptors (Lipinski definition) is 4. The van der Waals surface area contributed by atoms with Crippen molar-refractivity contribution in [2.45, 2.75) is 18.3 Å². The molecule has 1 spiro atoms. The Kier molecular flexibility index (Phi) is 3.58. The second-order valence-corrected chi connectivity index (χ2v) is 8.03. The molecule has 27 heavy (non-hydrogen) atoms. The van der Waals surface area contributed by atoms with E-state index in [2.05, 4.69) is 31.3 Å². The van der Waals surface area contributed by atoms with Gasteiger partial charge in [-0.2, -0.15) is 4.98 Å². The van der Waals surface area contributed by atoms with Crippen LogP contribution in [0.25, 0.3) is 5.65 Å². The van der Waals surface area contributed by atoms with Gasteiger partial charge < -0.3 is 4.90 Å². The van der Waals surface area contributed by atoms with E-state index in [1.54, 1.807) is 15.6 Å². The van der Waals surface area contributed by atoms with E-state index in [0.29, 0.717) is 17.8 Å². The Hall–Kier alpha value is -2.74. The van der Waals surface area contributed by atoms with Gasteiger partial charge in [-0.05, 0) is 48.7 Å². The molecule has 7 nitrogen and oxygen atoms in total. The molecule has 0 bridgehead atoms. The van der Waals surface area contributed by atoms with Gasteiger partial charge in [-0.3, -0.25) is 14.9 Å². The van der Waals surface area contributed by atoms with Crippen molar-refractivity contribution in [1.29, 1.82) is 0 Å². The average Bonchev–Trinajstić information content (AvgIpc) is 3.30. The summed E-state index contributed by atoms with van der Waals surface area (Å²) in [6.07, 6.45) is 3.84. The van der Waals surface area contributed by atoms with Crippen LogP contribution in [0.5, 0.6) is 0 Å². The summed E-state index contributed by atoms with van der Waals surface area (Å²) < 4.78 is 2.57. The van der Waals surface area contributed by atoms with Crippen LogP contribution in [0.1, 0.15) is 28.8 Å². The van der Waals surface area contributed by atoms with Crippen molar-refractivity contribution < 1.29 is 9.59 Å². The minimum Gasteiger partial charge on any atom is -0.328 e. The molecule has 1 saturated carbocycles.